The Morgan fingerprint density at radius 1 is 1.52 bits per heavy atom. The Morgan fingerprint density at radius 3 is 2.48 bits per heavy atom. The molecule has 0 aromatic carbocycles. The SMILES string of the molecule is C=C(C#N)/N=C(\C=C(\C)N)N(CC(C)C)NC(=O)OC(C)(C)C. The summed E-state index contributed by atoms with van der Waals surface area (Å²) in [7, 11) is 0. The number of hydrazine groups is 1. The molecule has 0 aliphatic rings. The van der Waals surface area contributed by atoms with Gasteiger partial charge in [-0.05, 0) is 33.6 Å². The van der Waals surface area contributed by atoms with Crippen LogP contribution in [0.3, 0.4) is 0 Å². The van der Waals surface area contributed by atoms with E-state index >= 15 is 0 Å². The molecule has 0 fully saturated rings. The predicted molar refractivity (Wildman–Crippen MR) is 91.0 cm³/mol. The fourth-order valence-corrected chi connectivity index (χ4v) is 1.51. The second kappa shape index (κ2) is 8.83. The number of amidine groups is 1. The highest BCUT2D eigenvalue weighted by atomic mass is 16.6. The summed E-state index contributed by atoms with van der Waals surface area (Å²) in [5, 5.41) is 10.4. The van der Waals surface area contributed by atoms with Gasteiger partial charge < -0.3 is 10.5 Å². The molecule has 0 aromatic rings. The number of hydrogen-bond donors (Lipinski definition) is 2. The molecule has 0 atom stereocenters. The Balaban J connectivity index is 5.50. The minimum Gasteiger partial charge on any atom is -0.443 e. The Kier molecular flexibility index (Phi) is 7.88. The van der Waals surface area contributed by atoms with Crippen LogP contribution in [-0.4, -0.2) is 29.1 Å². The van der Waals surface area contributed by atoms with E-state index in [0.717, 1.165) is 0 Å². The molecule has 0 rings (SSSR count). The quantitative estimate of drug-likeness (QED) is 0.358. The lowest BCUT2D eigenvalue weighted by atomic mass is 10.2. The largest absolute Gasteiger partial charge is 0.443 e. The molecule has 0 radical (unpaired) electrons. The van der Waals surface area contributed by atoms with Crippen LogP contribution in [0.4, 0.5) is 4.79 Å². The van der Waals surface area contributed by atoms with Gasteiger partial charge >= 0.3 is 6.09 Å². The number of amides is 1. The molecule has 0 bridgehead atoms. The summed E-state index contributed by atoms with van der Waals surface area (Å²) in [5.74, 6) is 0.535. The van der Waals surface area contributed by atoms with Crippen molar-refractivity contribution in [1.29, 1.82) is 5.26 Å². The van der Waals surface area contributed by atoms with Crippen molar-refractivity contribution in [1.82, 2.24) is 10.4 Å². The van der Waals surface area contributed by atoms with E-state index in [-0.39, 0.29) is 11.6 Å². The third-order valence-corrected chi connectivity index (χ3v) is 2.18. The minimum atomic E-state index is -0.624. The van der Waals surface area contributed by atoms with E-state index in [1.807, 2.05) is 19.9 Å². The number of aliphatic imine (C=N–C) groups is 1. The first-order valence-electron chi connectivity index (χ1n) is 7.33. The number of carbonyl (C=O) groups is 1. The molecule has 0 spiro atoms. The molecule has 0 saturated carbocycles. The second-order valence-corrected chi connectivity index (χ2v) is 6.54. The van der Waals surface area contributed by atoms with Crippen LogP contribution in [0.2, 0.25) is 0 Å². The maximum absolute atomic E-state index is 12.0. The summed E-state index contributed by atoms with van der Waals surface area (Å²) >= 11 is 0. The lowest BCUT2D eigenvalue weighted by molar-refractivity contribution is 0.0408. The Bertz CT molecular complexity index is 532. The Morgan fingerprint density at radius 2 is 2.09 bits per heavy atom. The summed E-state index contributed by atoms with van der Waals surface area (Å²) in [6.45, 7) is 15.0. The first-order chi connectivity index (χ1) is 10.4. The topological polar surface area (TPSA) is 104 Å². The standard InChI is InChI=1S/C16H27N5O2/c1-11(2)10-21(20-15(22)23-16(5,6)7)14(8-12(3)18)19-13(4)9-17/h8,11H,4,10,18H2,1-3,5-7H3,(H,20,22)/b12-8-,19-14+. The zero-order chi connectivity index (χ0) is 18.2. The van der Waals surface area contributed by atoms with Crippen molar-refractivity contribution in [2.45, 2.75) is 47.1 Å². The highest BCUT2D eigenvalue weighted by molar-refractivity contribution is 5.95. The fraction of sp³-hybridized carbons (Fsp3) is 0.562. The van der Waals surface area contributed by atoms with Crippen LogP contribution in [0.1, 0.15) is 41.5 Å². The fourth-order valence-electron chi connectivity index (χ4n) is 1.51. The first-order valence-corrected chi connectivity index (χ1v) is 7.33. The van der Waals surface area contributed by atoms with E-state index in [0.29, 0.717) is 18.1 Å². The summed E-state index contributed by atoms with van der Waals surface area (Å²) in [5.41, 5.74) is 8.21. The molecular formula is C16H27N5O2. The van der Waals surface area contributed by atoms with Gasteiger partial charge in [-0.1, -0.05) is 20.4 Å². The number of nitriles is 1. The molecule has 0 heterocycles. The molecule has 0 saturated heterocycles. The van der Waals surface area contributed by atoms with E-state index in [2.05, 4.69) is 17.0 Å². The van der Waals surface area contributed by atoms with Crippen molar-refractivity contribution >= 4 is 11.9 Å². The summed E-state index contributed by atoms with van der Waals surface area (Å²) < 4.78 is 5.25. The van der Waals surface area contributed by atoms with E-state index in [9.17, 15) is 4.79 Å². The van der Waals surface area contributed by atoms with Gasteiger partial charge in [-0.3, -0.25) is 5.01 Å². The monoisotopic (exact) mass is 321 g/mol. The second-order valence-electron chi connectivity index (χ2n) is 6.54. The normalized spacial score (nSPS) is 12.6. The smallest absolute Gasteiger partial charge is 0.426 e. The molecule has 0 aliphatic heterocycles. The average molecular weight is 321 g/mol. The van der Waals surface area contributed by atoms with Gasteiger partial charge in [0, 0.05) is 18.3 Å². The summed E-state index contributed by atoms with van der Waals surface area (Å²) in [4.78, 5) is 16.1. The van der Waals surface area contributed by atoms with Gasteiger partial charge in [-0.25, -0.2) is 15.2 Å². The van der Waals surface area contributed by atoms with Crippen LogP contribution in [0.15, 0.2) is 29.0 Å². The van der Waals surface area contributed by atoms with Gasteiger partial charge in [0.15, 0.2) is 0 Å². The van der Waals surface area contributed by atoms with Crippen LogP contribution in [-0.2, 0) is 4.74 Å². The van der Waals surface area contributed by atoms with Gasteiger partial charge in [0.25, 0.3) is 0 Å². The summed E-state index contributed by atoms with van der Waals surface area (Å²) in [6.07, 6.45) is 0.943. The van der Waals surface area contributed by atoms with Gasteiger partial charge in [-0.2, -0.15) is 5.26 Å². The Hall–Kier alpha value is -2.49. The number of nitrogens with one attached hydrogen (secondary N) is 1. The molecule has 3 N–H and O–H groups in total. The number of nitrogens with zero attached hydrogens (tertiary/aromatic N) is 3. The number of carbonyl (C=O) groups excluding carboxylic acids is 1. The Labute approximate surface area is 138 Å². The van der Waals surface area contributed by atoms with Crippen molar-refractivity contribution in [3.63, 3.8) is 0 Å². The molecular weight excluding hydrogens is 294 g/mol. The third-order valence-electron chi connectivity index (χ3n) is 2.18. The maximum Gasteiger partial charge on any atom is 0.426 e. The van der Waals surface area contributed by atoms with Crippen LogP contribution in [0.5, 0.6) is 0 Å². The zero-order valence-electron chi connectivity index (χ0n) is 14.8. The van der Waals surface area contributed by atoms with Crippen LogP contribution in [0, 0.1) is 17.2 Å². The van der Waals surface area contributed by atoms with E-state index in [4.69, 9.17) is 15.7 Å². The molecule has 1 amide bonds. The minimum absolute atomic E-state index is 0.0113. The number of rotatable bonds is 4. The highest BCUT2D eigenvalue weighted by Gasteiger charge is 2.20. The average Bonchev–Trinajstić information content (AvgIpc) is 2.33. The lowest BCUT2D eigenvalue weighted by Crippen LogP contribution is -2.49. The van der Waals surface area contributed by atoms with Crippen molar-refractivity contribution in [2.24, 2.45) is 16.6 Å². The molecule has 128 valence electrons. The lowest BCUT2D eigenvalue weighted by Gasteiger charge is -2.28. The third kappa shape index (κ3) is 9.96. The summed E-state index contributed by atoms with van der Waals surface area (Å²) in [6, 6.07) is 1.85. The number of allylic oxidation sites excluding steroid dienone is 2. The number of nitrogens with two attached hydrogens (primary N) is 1. The highest BCUT2D eigenvalue weighted by Crippen LogP contribution is 2.08. The molecule has 7 nitrogen and oxygen atoms in total. The van der Waals surface area contributed by atoms with Crippen LogP contribution < -0.4 is 11.2 Å². The van der Waals surface area contributed by atoms with Crippen LogP contribution >= 0.6 is 0 Å². The van der Waals surface area contributed by atoms with Crippen molar-refractivity contribution in [3.8, 4) is 6.07 Å². The van der Waals surface area contributed by atoms with Gasteiger partial charge in [0.2, 0.25) is 0 Å². The number of ether oxygens (including phenoxy) is 1. The molecule has 0 aromatic heterocycles. The number of hydrogen-bond acceptors (Lipinski definition) is 5. The molecule has 0 aliphatic carbocycles. The first kappa shape index (κ1) is 20.5. The maximum atomic E-state index is 12.0. The van der Waals surface area contributed by atoms with E-state index < -0.39 is 11.7 Å². The van der Waals surface area contributed by atoms with Gasteiger partial charge in [-0.15, -0.1) is 0 Å². The van der Waals surface area contributed by atoms with E-state index in [1.165, 1.54) is 5.01 Å². The zero-order valence-corrected chi connectivity index (χ0v) is 14.8. The van der Waals surface area contributed by atoms with Gasteiger partial charge in [0.05, 0.1) is 0 Å². The predicted octanol–water partition coefficient (Wildman–Crippen LogP) is 2.68. The van der Waals surface area contributed by atoms with E-state index in [1.54, 1.807) is 33.8 Å². The molecule has 7 heteroatoms. The van der Waals surface area contributed by atoms with Crippen molar-refractivity contribution in [3.05, 3.63) is 24.0 Å². The molecule has 23 heavy (non-hydrogen) atoms. The molecule has 0 unspecified atom stereocenters. The van der Waals surface area contributed by atoms with Gasteiger partial charge in [0.1, 0.15) is 23.2 Å². The van der Waals surface area contributed by atoms with Crippen molar-refractivity contribution in [2.75, 3.05) is 6.54 Å². The van der Waals surface area contributed by atoms with Crippen LogP contribution in [0.25, 0.3) is 0 Å². The van der Waals surface area contributed by atoms with Crippen molar-refractivity contribution < 1.29 is 9.53 Å².